The van der Waals surface area contributed by atoms with Gasteiger partial charge in [-0.2, -0.15) is 0 Å². The van der Waals surface area contributed by atoms with Gasteiger partial charge in [0.1, 0.15) is 5.92 Å². The van der Waals surface area contributed by atoms with Crippen LogP contribution < -0.4 is 0 Å². The van der Waals surface area contributed by atoms with E-state index in [1.165, 1.54) is 32.8 Å². The first kappa shape index (κ1) is 20.1. The number of carbonyl (C=O) groups is 1. The van der Waals surface area contributed by atoms with Gasteiger partial charge in [-0.1, -0.05) is 47.0 Å². The lowest BCUT2D eigenvalue weighted by molar-refractivity contribution is -0.249. The van der Waals surface area contributed by atoms with Crippen LogP contribution in [0.25, 0.3) is 0 Å². The van der Waals surface area contributed by atoms with E-state index in [1.807, 2.05) is 0 Å². The van der Waals surface area contributed by atoms with Gasteiger partial charge in [-0.05, 0) is 48.3 Å². The first-order valence-corrected chi connectivity index (χ1v) is 10.7. The predicted molar refractivity (Wildman–Crippen MR) is 102 cm³/mol. The summed E-state index contributed by atoms with van der Waals surface area (Å²) in [5.74, 6) is 1.33. The standard InChI is InChI=1S/C22H38O4/c1-15(2)7-6-8-16(3)17-9-10-18-19(20(23)24-5)22(25-13-14-26-22)12-11-21(17,18)4/h15-19H,6-14H2,1-5H3/t16-,17-,18+,19-,21-/m0/s1. The quantitative estimate of drug-likeness (QED) is 0.633. The van der Waals surface area contributed by atoms with Crippen molar-refractivity contribution in [3.05, 3.63) is 0 Å². The van der Waals surface area contributed by atoms with E-state index in [4.69, 9.17) is 14.2 Å². The van der Waals surface area contributed by atoms with Crippen LogP contribution in [0.5, 0.6) is 0 Å². The minimum atomic E-state index is -0.729. The van der Waals surface area contributed by atoms with E-state index >= 15 is 0 Å². The molecular weight excluding hydrogens is 328 g/mol. The zero-order valence-corrected chi connectivity index (χ0v) is 17.4. The molecule has 1 saturated heterocycles. The second-order valence-electron chi connectivity index (χ2n) is 9.61. The molecule has 1 heterocycles. The van der Waals surface area contributed by atoms with Gasteiger partial charge in [0.25, 0.3) is 0 Å². The summed E-state index contributed by atoms with van der Waals surface area (Å²) in [6.45, 7) is 10.6. The molecule has 26 heavy (non-hydrogen) atoms. The molecule has 3 aliphatic rings. The van der Waals surface area contributed by atoms with Crippen molar-refractivity contribution in [2.45, 2.75) is 78.4 Å². The number of rotatable bonds is 6. The molecule has 0 aromatic heterocycles. The summed E-state index contributed by atoms with van der Waals surface area (Å²) in [4.78, 5) is 12.8. The second kappa shape index (κ2) is 7.79. The SMILES string of the molecule is COC(=O)[C@@H]1[C@H]2CC[C@@H]([C@@H](C)CCCC(C)C)[C@]2(C)CCC12OCCO2. The summed E-state index contributed by atoms with van der Waals surface area (Å²) in [5, 5.41) is 0. The molecule has 1 aliphatic heterocycles. The molecule has 0 N–H and O–H groups in total. The number of fused-ring (bicyclic) bond motifs is 1. The highest BCUT2D eigenvalue weighted by molar-refractivity contribution is 5.74. The monoisotopic (exact) mass is 366 g/mol. The lowest BCUT2D eigenvalue weighted by Gasteiger charge is -2.51. The van der Waals surface area contributed by atoms with Crippen LogP contribution in [0.4, 0.5) is 0 Å². The van der Waals surface area contributed by atoms with Crippen LogP contribution in [0.3, 0.4) is 0 Å². The molecule has 4 heteroatoms. The van der Waals surface area contributed by atoms with Crippen molar-refractivity contribution in [1.29, 1.82) is 0 Å². The van der Waals surface area contributed by atoms with E-state index in [2.05, 4.69) is 27.7 Å². The average Bonchev–Trinajstić information content (AvgIpc) is 3.20. The van der Waals surface area contributed by atoms with Gasteiger partial charge < -0.3 is 14.2 Å². The van der Waals surface area contributed by atoms with E-state index in [0.717, 1.165) is 25.2 Å². The minimum absolute atomic E-state index is 0.143. The summed E-state index contributed by atoms with van der Waals surface area (Å²) in [7, 11) is 1.50. The molecule has 0 radical (unpaired) electrons. The largest absolute Gasteiger partial charge is 0.469 e. The van der Waals surface area contributed by atoms with Gasteiger partial charge in [0, 0.05) is 6.42 Å². The number of methoxy groups -OCH3 is 1. The Morgan fingerprint density at radius 2 is 1.81 bits per heavy atom. The Labute approximate surface area is 159 Å². The van der Waals surface area contributed by atoms with Gasteiger partial charge >= 0.3 is 5.97 Å². The Balaban J connectivity index is 1.77. The molecule has 2 saturated carbocycles. The molecule has 150 valence electrons. The van der Waals surface area contributed by atoms with Gasteiger partial charge in [-0.25, -0.2) is 0 Å². The molecule has 3 rings (SSSR count). The Hall–Kier alpha value is -0.610. The lowest BCUT2D eigenvalue weighted by Crippen LogP contribution is -2.56. The van der Waals surface area contributed by atoms with Crippen molar-refractivity contribution in [2.24, 2.45) is 35.0 Å². The fourth-order valence-electron chi connectivity index (χ4n) is 6.37. The van der Waals surface area contributed by atoms with Crippen LogP contribution in [-0.2, 0) is 19.0 Å². The molecule has 2 aliphatic carbocycles. The van der Waals surface area contributed by atoms with Crippen molar-refractivity contribution in [3.63, 3.8) is 0 Å². The summed E-state index contributed by atoms with van der Waals surface area (Å²) in [6, 6.07) is 0. The Kier molecular flexibility index (Phi) is 6.03. The molecule has 0 aromatic carbocycles. The third kappa shape index (κ3) is 3.44. The topological polar surface area (TPSA) is 44.8 Å². The van der Waals surface area contributed by atoms with Crippen LogP contribution >= 0.6 is 0 Å². The van der Waals surface area contributed by atoms with Gasteiger partial charge in [0.05, 0.1) is 20.3 Å². The summed E-state index contributed by atoms with van der Waals surface area (Å²) in [5.41, 5.74) is 0.191. The molecular formula is C22H38O4. The normalized spacial score (nSPS) is 37.1. The molecule has 0 aromatic rings. The summed E-state index contributed by atoms with van der Waals surface area (Å²) >= 11 is 0. The highest BCUT2D eigenvalue weighted by atomic mass is 16.7. The summed E-state index contributed by atoms with van der Waals surface area (Å²) in [6.07, 6.45) is 8.13. The number of hydrogen-bond donors (Lipinski definition) is 0. The van der Waals surface area contributed by atoms with Crippen LogP contribution in [0.1, 0.15) is 72.6 Å². The van der Waals surface area contributed by atoms with Crippen molar-refractivity contribution in [3.8, 4) is 0 Å². The fraction of sp³-hybridized carbons (Fsp3) is 0.955. The molecule has 5 atom stereocenters. The zero-order chi connectivity index (χ0) is 18.9. The molecule has 4 nitrogen and oxygen atoms in total. The first-order chi connectivity index (χ1) is 12.3. The van der Waals surface area contributed by atoms with Crippen LogP contribution in [0.15, 0.2) is 0 Å². The van der Waals surface area contributed by atoms with E-state index in [1.54, 1.807) is 0 Å². The maximum Gasteiger partial charge on any atom is 0.314 e. The third-order valence-corrected chi connectivity index (χ3v) is 7.73. The van der Waals surface area contributed by atoms with Crippen LogP contribution in [-0.4, -0.2) is 32.1 Å². The fourth-order valence-corrected chi connectivity index (χ4v) is 6.37. The lowest BCUT2D eigenvalue weighted by atomic mass is 9.57. The van der Waals surface area contributed by atoms with Gasteiger partial charge in [-0.15, -0.1) is 0 Å². The van der Waals surface area contributed by atoms with E-state index in [9.17, 15) is 4.79 Å². The van der Waals surface area contributed by atoms with Gasteiger partial charge in [0.2, 0.25) is 0 Å². The van der Waals surface area contributed by atoms with E-state index in [0.29, 0.717) is 31.0 Å². The van der Waals surface area contributed by atoms with Crippen LogP contribution in [0.2, 0.25) is 0 Å². The highest BCUT2D eigenvalue weighted by Crippen LogP contribution is 2.63. The van der Waals surface area contributed by atoms with Crippen LogP contribution in [0, 0.1) is 35.0 Å². The third-order valence-electron chi connectivity index (χ3n) is 7.73. The van der Waals surface area contributed by atoms with E-state index < -0.39 is 5.79 Å². The molecule has 1 spiro atoms. The van der Waals surface area contributed by atoms with Gasteiger partial charge in [-0.3, -0.25) is 4.79 Å². The van der Waals surface area contributed by atoms with Crippen molar-refractivity contribution < 1.29 is 19.0 Å². The number of esters is 1. The van der Waals surface area contributed by atoms with Gasteiger partial charge in [0.15, 0.2) is 5.79 Å². The average molecular weight is 367 g/mol. The molecule has 0 unspecified atom stereocenters. The summed E-state index contributed by atoms with van der Waals surface area (Å²) < 4.78 is 17.3. The van der Waals surface area contributed by atoms with Crippen molar-refractivity contribution in [2.75, 3.05) is 20.3 Å². The van der Waals surface area contributed by atoms with Crippen molar-refractivity contribution in [1.82, 2.24) is 0 Å². The Morgan fingerprint density at radius 3 is 2.42 bits per heavy atom. The maximum absolute atomic E-state index is 12.8. The molecule has 0 bridgehead atoms. The smallest absolute Gasteiger partial charge is 0.314 e. The molecule has 3 fully saturated rings. The Bertz CT molecular complexity index is 496. The highest BCUT2D eigenvalue weighted by Gasteiger charge is 2.64. The number of hydrogen-bond acceptors (Lipinski definition) is 4. The number of ether oxygens (including phenoxy) is 3. The molecule has 0 amide bonds. The Morgan fingerprint density at radius 1 is 1.12 bits per heavy atom. The minimum Gasteiger partial charge on any atom is -0.469 e. The van der Waals surface area contributed by atoms with E-state index in [-0.39, 0.29) is 17.3 Å². The van der Waals surface area contributed by atoms with Crippen molar-refractivity contribution >= 4 is 5.97 Å². The predicted octanol–water partition coefficient (Wildman–Crippen LogP) is 4.81. The first-order valence-electron chi connectivity index (χ1n) is 10.7. The second-order valence-corrected chi connectivity index (χ2v) is 9.61. The maximum atomic E-state index is 12.8. The number of carbonyl (C=O) groups excluding carboxylic acids is 1. The zero-order valence-electron chi connectivity index (χ0n) is 17.4.